The third-order valence-corrected chi connectivity index (χ3v) is 7.48. The molecule has 9 heteroatoms. The lowest BCUT2D eigenvalue weighted by atomic mass is 9.90. The first-order chi connectivity index (χ1) is 17.6. The van der Waals surface area contributed by atoms with Gasteiger partial charge in [0.25, 0.3) is 0 Å². The van der Waals surface area contributed by atoms with E-state index in [1.807, 2.05) is 13.8 Å². The average Bonchev–Trinajstić information content (AvgIpc) is 2.90. The van der Waals surface area contributed by atoms with Gasteiger partial charge in [0, 0.05) is 61.9 Å². The number of rotatable bonds is 8. The molecule has 3 N–H and O–H groups in total. The Morgan fingerprint density at radius 2 is 1.97 bits per heavy atom. The number of benzene rings is 1. The fraction of sp³-hybridized carbons (Fsp3) is 0.593. The second kappa shape index (κ2) is 11.4. The fourth-order valence-electron chi connectivity index (χ4n) is 5.43. The molecule has 1 atom stereocenters. The number of aromatic nitrogens is 2. The number of carbonyl (C=O) groups excluding carboxylic acids is 1. The number of ether oxygens (including phenoxy) is 1. The zero-order valence-electron chi connectivity index (χ0n) is 21.5. The largest absolute Gasteiger partial charge is 0.376 e. The Labute approximate surface area is 214 Å². The van der Waals surface area contributed by atoms with E-state index in [1.54, 1.807) is 11.1 Å². The lowest BCUT2D eigenvalue weighted by molar-refractivity contribution is 0.0213. The number of hydrogen-bond donors (Lipinski definition) is 3. The van der Waals surface area contributed by atoms with E-state index in [1.165, 1.54) is 37.8 Å². The SMILES string of the molecule is CC(C)N1C(=O)NCc2cnc(Nc3ccc(N4CCC(CCCC5CNCCO5)CC4)cc3)nc21. The van der Waals surface area contributed by atoms with Gasteiger partial charge in [0.15, 0.2) is 0 Å². The first-order valence-corrected chi connectivity index (χ1v) is 13.4. The van der Waals surface area contributed by atoms with Crippen LogP contribution in [0.15, 0.2) is 30.5 Å². The maximum Gasteiger partial charge on any atom is 0.323 e. The molecule has 2 saturated heterocycles. The molecule has 3 aliphatic rings. The van der Waals surface area contributed by atoms with Crippen LogP contribution in [-0.2, 0) is 11.3 Å². The molecule has 0 aliphatic carbocycles. The minimum Gasteiger partial charge on any atom is -0.376 e. The molecule has 36 heavy (non-hydrogen) atoms. The molecule has 0 bridgehead atoms. The number of piperidine rings is 1. The van der Waals surface area contributed by atoms with Crippen LogP contribution in [0.25, 0.3) is 0 Å². The van der Waals surface area contributed by atoms with Crippen molar-refractivity contribution >= 4 is 29.2 Å². The highest BCUT2D eigenvalue weighted by Crippen LogP contribution is 2.29. The van der Waals surface area contributed by atoms with Gasteiger partial charge in [-0.1, -0.05) is 12.8 Å². The highest BCUT2D eigenvalue weighted by molar-refractivity contribution is 5.94. The van der Waals surface area contributed by atoms with Crippen LogP contribution in [-0.4, -0.2) is 60.9 Å². The number of nitrogens with zero attached hydrogens (tertiary/aromatic N) is 4. The van der Waals surface area contributed by atoms with Gasteiger partial charge in [0.2, 0.25) is 5.95 Å². The van der Waals surface area contributed by atoms with Gasteiger partial charge in [0.05, 0.1) is 12.7 Å². The van der Waals surface area contributed by atoms with E-state index in [9.17, 15) is 4.79 Å². The summed E-state index contributed by atoms with van der Waals surface area (Å²) in [6, 6.07) is 8.39. The van der Waals surface area contributed by atoms with Gasteiger partial charge in [-0.25, -0.2) is 9.78 Å². The number of urea groups is 1. The summed E-state index contributed by atoms with van der Waals surface area (Å²) in [6.07, 6.45) is 8.47. The van der Waals surface area contributed by atoms with Crippen molar-refractivity contribution in [1.82, 2.24) is 20.6 Å². The maximum absolute atomic E-state index is 12.3. The van der Waals surface area contributed by atoms with Crippen LogP contribution in [0, 0.1) is 5.92 Å². The Morgan fingerprint density at radius 3 is 2.69 bits per heavy atom. The van der Waals surface area contributed by atoms with Gasteiger partial charge in [-0.15, -0.1) is 0 Å². The molecule has 194 valence electrons. The zero-order chi connectivity index (χ0) is 24.9. The zero-order valence-corrected chi connectivity index (χ0v) is 21.5. The molecular formula is C27H39N7O2. The molecule has 1 aromatic heterocycles. The van der Waals surface area contributed by atoms with Gasteiger partial charge in [-0.05, 0) is 63.3 Å². The number of fused-ring (bicyclic) bond motifs is 1. The Hall–Kier alpha value is -2.91. The summed E-state index contributed by atoms with van der Waals surface area (Å²) >= 11 is 0. The van der Waals surface area contributed by atoms with Gasteiger partial charge in [0.1, 0.15) is 5.82 Å². The monoisotopic (exact) mass is 493 g/mol. The summed E-state index contributed by atoms with van der Waals surface area (Å²) in [5.41, 5.74) is 3.12. The first kappa shape index (κ1) is 24.8. The van der Waals surface area contributed by atoms with Crippen LogP contribution < -0.4 is 25.8 Å². The topological polar surface area (TPSA) is 94.7 Å². The van der Waals surface area contributed by atoms with E-state index in [0.717, 1.165) is 50.0 Å². The van der Waals surface area contributed by atoms with Crippen molar-refractivity contribution in [1.29, 1.82) is 0 Å². The average molecular weight is 494 g/mol. The van der Waals surface area contributed by atoms with Crippen LogP contribution in [0.4, 0.5) is 27.9 Å². The molecule has 9 nitrogen and oxygen atoms in total. The number of hydrogen-bond acceptors (Lipinski definition) is 7. The molecule has 1 aromatic carbocycles. The molecule has 5 rings (SSSR count). The molecular weight excluding hydrogens is 454 g/mol. The molecule has 4 heterocycles. The number of carbonyl (C=O) groups is 1. The van der Waals surface area contributed by atoms with Crippen molar-refractivity contribution in [3.8, 4) is 0 Å². The van der Waals surface area contributed by atoms with Crippen molar-refractivity contribution in [2.45, 2.75) is 64.6 Å². The molecule has 3 aliphatic heterocycles. The Bertz CT molecular complexity index is 1020. The molecule has 0 spiro atoms. The van der Waals surface area contributed by atoms with Crippen molar-refractivity contribution < 1.29 is 9.53 Å². The molecule has 2 aromatic rings. The Balaban J connectivity index is 1.12. The number of anilines is 4. The first-order valence-electron chi connectivity index (χ1n) is 13.4. The van der Waals surface area contributed by atoms with Crippen LogP contribution in [0.3, 0.4) is 0 Å². The van der Waals surface area contributed by atoms with Gasteiger partial charge in [-0.3, -0.25) is 4.90 Å². The van der Waals surface area contributed by atoms with E-state index in [2.05, 4.69) is 55.1 Å². The van der Waals surface area contributed by atoms with Crippen molar-refractivity contribution in [2.75, 3.05) is 47.9 Å². The number of morpholine rings is 1. The third kappa shape index (κ3) is 5.90. The molecule has 2 amide bonds. The smallest absolute Gasteiger partial charge is 0.323 e. The van der Waals surface area contributed by atoms with E-state index < -0.39 is 0 Å². The lowest BCUT2D eigenvalue weighted by Crippen LogP contribution is -2.48. The molecule has 0 saturated carbocycles. The fourth-order valence-corrected chi connectivity index (χ4v) is 5.43. The van der Waals surface area contributed by atoms with Crippen molar-refractivity contribution in [3.05, 3.63) is 36.0 Å². The van der Waals surface area contributed by atoms with Gasteiger partial charge < -0.3 is 25.6 Å². The quantitative estimate of drug-likeness (QED) is 0.511. The van der Waals surface area contributed by atoms with E-state index in [-0.39, 0.29) is 12.1 Å². The molecule has 1 unspecified atom stereocenters. The van der Waals surface area contributed by atoms with Gasteiger partial charge >= 0.3 is 6.03 Å². The normalized spacial score (nSPS) is 20.9. The Morgan fingerprint density at radius 1 is 1.17 bits per heavy atom. The van der Waals surface area contributed by atoms with Crippen molar-refractivity contribution in [2.24, 2.45) is 5.92 Å². The highest BCUT2D eigenvalue weighted by Gasteiger charge is 2.28. The Kier molecular flexibility index (Phi) is 7.87. The summed E-state index contributed by atoms with van der Waals surface area (Å²) in [7, 11) is 0. The third-order valence-electron chi connectivity index (χ3n) is 7.48. The predicted molar refractivity (Wildman–Crippen MR) is 143 cm³/mol. The maximum atomic E-state index is 12.3. The van der Waals surface area contributed by atoms with E-state index >= 15 is 0 Å². The van der Waals surface area contributed by atoms with Crippen LogP contribution >= 0.6 is 0 Å². The van der Waals surface area contributed by atoms with Crippen LogP contribution in [0.2, 0.25) is 0 Å². The summed E-state index contributed by atoms with van der Waals surface area (Å²) in [4.78, 5) is 25.6. The highest BCUT2D eigenvalue weighted by atomic mass is 16.5. The van der Waals surface area contributed by atoms with E-state index in [0.29, 0.717) is 24.4 Å². The number of amides is 2. The summed E-state index contributed by atoms with van der Waals surface area (Å²) in [5, 5.41) is 9.60. The summed E-state index contributed by atoms with van der Waals surface area (Å²) in [6.45, 7) is 9.49. The lowest BCUT2D eigenvalue weighted by Gasteiger charge is -2.34. The minimum absolute atomic E-state index is 0.0124. The summed E-state index contributed by atoms with van der Waals surface area (Å²) < 4.78 is 5.83. The number of nitrogens with one attached hydrogen (secondary N) is 3. The second-order valence-corrected chi connectivity index (χ2v) is 10.4. The van der Waals surface area contributed by atoms with E-state index in [4.69, 9.17) is 4.74 Å². The van der Waals surface area contributed by atoms with Crippen molar-refractivity contribution in [3.63, 3.8) is 0 Å². The second-order valence-electron chi connectivity index (χ2n) is 10.4. The predicted octanol–water partition coefficient (Wildman–Crippen LogP) is 4.03. The molecule has 0 radical (unpaired) electrons. The summed E-state index contributed by atoms with van der Waals surface area (Å²) in [5.74, 6) is 2.00. The van der Waals surface area contributed by atoms with Crippen LogP contribution in [0.1, 0.15) is 51.5 Å². The standard InChI is InChI=1S/C27H39N7O2/c1-19(2)34-25-21(17-30-27(34)35)16-29-26(32-25)31-22-6-8-23(9-7-22)33-13-10-20(11-14-33)4-3-5-24-18-28-12-15-36-24/h6-9,16,19-20,24,28H,3-5,10-15,17-18H2,1-2H3,(H,30,35)(H,29,31,32). The van der Waals surface area contributed by atoms with Crippen LogP contribution in [0.5, 0.6) is 0 Å². The molecule has 2 fully saturated rings. The van der Waals surface area contributed by atoms with Gasteiger partial charge in [-0.2, -0.15) is 4.98 Å². The minimum atomic E-state index is -0.120.